The van der Waals surface area contributed by atoms with Crippen molar-refractivity contribution in [3.63, 3.8) is 0 Å². The fraction of sp³-hybridized carbons (Fsp3) is 0.174. The van der Waals surface area contributed by atoms with Gasteiger partial charge in [-0.15, -0.1) is 0 Å². The maximum Gasteiger partial charge on any atom is 0.337 e. The van der Waals surface area contributed by atoms with Crippen molar-refractivity contribution in [2.24, 2.45) is 0 Å². The van der Waals surface area contributed by atoms with Crippen LogP contribution >= 0.6 is 0 Å². The van der Waals surface area contributed by atoms with Crippen LogP contribution in [-0.4, -0.2) is 13.1 Å². The summed E-state index contributed by atoms with van der Waals surface area (Å²) in [5.41, 5.74) is 4.33. The van der Waals surface area contributed by atoms with Crippen LogP contribution in [0.15, 0.2) is 78.9 Å². The van der Waals surface area contributed by atoms with Crippen molar-refractivity contribution < 1.29 is 14.3 Å². The lowest BCUT2D eigenvalue weighted by atomic mass is 10.0. The van der Waals surface area contributed by atoms with E-state index in [1.54, 1.807) is 24.3 Å². The maximum absolute atomic E-state index is 11.5. The van der Waals surface area contributed by atoms with Gasteiger partial charge in [-0.2, -0.15) is 0 Å². The molecule has 0 aliphatic rings. The first-order valence-electron chi connectivity index (χ1n) is 8.68. The fourth-order valence-electron chi connectivity index (χ4n) is 2.83. The summed E-state index contributed by atoms with van der Waals surface area (Å²) >= 11 is 0. The van der Waals surface area contributed by atoms with E-state index in [2.05, 4.69) is 42.5 Å². The van der Waals surface area contributed by atoms with Gasteiger partial charge in [-0.1, -0.05) is 54.6 Å². The first kappa shape index (κ1) is 17.7. The molecular weight excluding hydrogens is 324 g/mol. The number of hydrogen-bond acceptors (Lipinski definition) is 3. The summed E-state index contributed by atoms with van der Waals surface area (Å²) in [6.45, 7) is 0.503. The molecule has 0 aliphatic heterocycles. The van der Waals surface area contributed by atoms with Crippen LogP contribution in [0.2, 0.25) is 0 Å². The van der Waals surface area contributed by atoms with Gasteiger partial charge in [0.25, 0.3) is 0 Å². The molecular formula is C23H22O3. The van der Waals surface area contributed by atoms with Gasteiger partial charge in [0.05, 0.1) is 12.7 Å². The molecule has 0 heterocycles. The minimum absolute atomic E-state index is 0.345. The van der Waals surface area contributed by atoms with Gasteiger partial charge in [-0.05, 0) is 53.8 Å². The molecule has 3 aromatic rings. The number of carbonyl (C=O) groups is 1. The molecule has 0 aromatic heterocycles. The number of methoxy groups -OCH3 is 1. The first-order chi connectivity index (χ1) is 12.8. The second kappa shape index (κ2) is 8.86. The number of benzene rings is 3. The van der Waals surface area contributed by atoms with Gasteiger partial charge in [0.2, 0.25) is 0 Å². The van der Waals surface area contributed by atoms with Gasteiger partial charge in [0, 0.05) is 0 Å². The summed E-state index contributed by atoms with van der Waals surface area (Å²) in [4.78, 5) is 11.5. The molecule has 3 heteroatoms. The fourth-order valence-corrected chi connectivity index (χ4v) is 2.83. The molecule has 0 bridgehead atoms. The van der Waals surface area contributed by atoms with E-state index in [0.717, 1.165) is 18.6 Å². The Balaban J connectivity index is 1.62. The van der Waals surface area contributed by atoms with Gasteiger partial charge in [0.15, 0.2) is 0 Å². The summed E-state index contributed by atoms with van der Waals surface area (Å²) in [5, 5.41) is 0. The van der Waals surface area contributed by atoms with E-state index in [0.29, 0.717) is 12.2 Å². The Morgan fingerprint density at radius 2 is 1.42 bits per heavy atom. The lowest BCUT2D eigenvalue weighted by Gasteiger charge is -2.11. The SMILES string of the molecule is COC(=O)c1ccc(OCc2ccccc2CCc2ccccc2)cc1. The third-order valence-electron chi connectivity index (χ3n) is 4.31. The van der Waals surface area contributed by atoms with Gasteiger partial charge in [-0.3, -0.25) is 0 Å². The van der Waals surface area contributed by atoms with Crippen molar-refractivity contribution in [3.05, 3.63) is 101 Å². The van der Waals surface area contributed by atoms with Gasteiger partial charge in [-0.25, -0.2) is 4.79 Å². The minimum atomic E-state index is -0.345. The average Bonchev–Trinajstić information content (AvgIpc) is 2.72. The van der Waals surface area contributed by atoms with E-state index in [-0.39, 0.29) is 5.97 Å². The predicted molar refractivity (Wildman–Crippen MR) is 102 cm³/mol. The van der Waals surface area contributed by atoms with Crippen LogP contribution in [0, 0.1) is 0 Å². The normalized spacial score (nSPS) is 10.3. The predicted octanol–water partition coefficient (Wildman–Crippen LogP) is 4.84. The molecule has 3 rings (SSSR count). The van der Waals surface area contributed by atoms with Crippen LogP contribution in [0.4, 0.5) is 0 Å². The van der Waals surface area contributed by atoms with E-state index >= 15 is 0 Å². The molecule has 0 saturated carbocycles. The smallest absolute Gasteiger partial charge is 0.337 e. The largest absolute Gasteiger partial charge is 0.489 e. The first-order valence-corrected chi connectivity index (χ1v) is 8.68. The van der Waals surface area contributed by atoms with Gasteiger partial charge >= 0.3 is 5.97 Å². The number of carbonyl (C=O) groups excluding carboxylic acids is 1. The number of ether oxygens (including phenoxy) is 2. The summed E-state index contributed by atoms with van der Waals surface area (Å²) in [6, 6.07) is 25.8. The van der Waals surface area contributed by atoms with Crippen molar-refractivity contribution in [1.82, 2.24) is 0 Å². The molecule has 132 valence electrons. The van der Waals surface area contributed by atoms with E-state index < -0.39 is 0 Å². The Morgan fingerprint density at radius 1 is 0.769 bits per heavy atom. The zero-order valence-electron chi connectivity index (χ0n) is 14.9. The van der Waals surface area contributed by atoms with Crippen molar-refractivity contribution in [1.29, 1.82) is 0 Å². The topological polar surface area (TPSA) is 35.5 Å². The van der Waals surface area contributed by atoms with Crippen molar-refractivity contribution in [2.75, 3.05) is 7.11 Å². The number of esters is 1. The van der Waals surface area contributed by atoms with Crippen LogP contribution in [0.25, 0.3) is 0 Å². The third kappa shape index (κ3) is 4.73. The molecule has 0 N–H and O–H groups in total. The van der Waals surface area contributed by atoms with E-state index in [1.807, 2.05) is 12.1 Å². The van der Waals surface area contributed by atoms with Crippen LogP contribution in [0.1, 0.15) is 27.0 Å². The lowest BCUT2D eigenvalue weighted by molar-refractivity contribution is 0.0600. The summed E-state index contributed by atoms with van der Waals surface area (Å²) in [5.74, 6) is 0.387. The van der Waals surface area contributed by atoms with E-state index in [4.69, 9.17) is 9.47 Å². The highest BCUT2D eigenvalue weighted by molar-refractivity contribution is 5.89. The van der Waals surface area contributed by atoms with Gasteiger partial charge in [0.1, 0.15) is 12.4 Å². The maximum atomic E-state index is 11.5. The zero-order chi connectivity index (χ0) is 18.2. The molecule has 3 nitrogen and oxygen atoms in total. The van der Waals surface area contributed by atoms with E-state index in [1.165, 1.54) is 23.8 Å². The van der Waals surface area contributed by atoms with Crippen LogP contribution in [-0.2, 0) is 24.2 Å². The molecule has 0 spiro atoms. The highest BCUT2D eigenvalue weighted by Gasteiger charge is 2.06. The van der Waals surface area contributed by atoms with Crippen LogP contribution in [0.5, 0.6) is 5.75 Å². The Hall–Kier alpha value is -3.07. The lowest BCUT2D eigenvalue weighted by Crippen LogP contribution is -2.03. The third-order valence-corrected chi connectivity index (χ3v) is 4.31. The second-order valence-electron chi connectivity index (χ2n) is 6.06. The monoisotopic (exact) mass is 346 g/mol. The molecule has 0 amide bonds. The van der Waals surface area contributed by atoms with Crippen LogP contribution < -0.4 is 4.74 Å². The summed E-state index contributed by atoms with van der Waals surface area (Å²) in [6.07, 6.45) is 1.98. The second-order valence-corrected chi connectivity index (χ2v) is 6.06. The standard InChI is InChI=1S/C23H22O3/c1-25-23(24)20-13-15-22(16-14-20)26-17-21-10-6-5-9-19(21)12-11-18-7-3-2-4-8-18/h2-10,13-16H,11-12,17H2,1H3. The zero-order valence-corrected chi connectivity index (χ0v) is 14.9. The van der Waals surface area contributed by atoms with Crippen molar-refractivity contribution >= 4 is 5.97 Å². The molecule has 0 unspecified atom stereocenters. The Morgan fingerprint density at radius 3 is 2.12 bits per heavy atom. The quantitative estimate of drug-likeness (QED) is 0.574. The Bertz CT molecular complexity index is 839. The van der Waals surface area contributed by atoms with Crippen LogP contribution in [0.3, 0.4) is 0 Å². The Labute approximate surface area is 154 Å². The molecule has 0 radical (unpaired) electrons. The van der Waals surface area contributed by atoms with Crippen molar-refractivity contribution in [3.8, 4) is 5.75 Å². The summed E-state index contributed by atoms with van der Waals surface area (Å²) < 4.78 is 10.6. The molecule has 0 aliphatic carbocycles. The van der Waals surface area contributed by atoms with E-state index in [9.17, 15) is 4.79 Å². The minimum Gasteiger partial charge on any atom is -0.489 e. The number of rotatable bonds is 7. The highest BCUT2D eigenvalue weighted by Crippen LogP contribution is 2.18. The molecule has 26 heavy (non-hydrogen) atoms. The average molecular weight is 346 g/mol. The molecule has 0 fully saturated rings. The number of aryl methyl sites for hydroxylation is 2. The molecule has 3 aromatic carbocycles. The summed E-state index contributed by atoms with van der Waals surface area (Å²) in [7, 11) is 1.37. The Kier molecular flexibility index (Phi) is 6.05. The molecule has 0 saturated heterocycles. The van der Waals surface area contributed by atoms with Gasteiger partial charge < -0.3 is 9.47 Å². The molecule has 0 atom stereocenters. The number of hydrogen-bond donors (Lipinski definition) is 0. The highest BCUT2D eigenvalue weighted by atomic mass is 16.5. The van der Waals surface area contributed by atoms with Crippen molar-refractivity contribution in [2.45, 2.75) is 19.4 Å².